The fourth-order valence-electron chi connectivity index (χ4n) is 1.33. The van der Waals surface area contributed by atoms with E-state index in [1.807, 2.05) is 13.1 Å². The van der Waals surface area contributed by atoms with Crippen LogP contribution in [0.5, 0.6) is 0 Å². The Labute approximate surface area is 79.3 Å². The zero-order valence-electron chi connectivity index (χ0n) is 8.30. The molecule has 0 aliphatic carbocycles. The second-order valence-corrected chi connectivity index (χ2v) is 3.25. The maximum Gasteiger partial charge on any atom is 0.123 e. The van der Waals surface area contributed by atoms with Crippen LogP contribution in [0.25, 0.3) is 0 Å². The van der Waals surface area contributed by atoms with Gasteiger partial charge in [0.25, 0.3) is 0 Å². The number of aromatic nitrogens is 2. The number of aromatic amines is 1. The van der Waals surface area contributed by atoms with Gasteiger partial charge in [-0.2, -0.15) is 0 Å². The standard InChI is InChI=1S/C10H17N3/c1-4-11-9(7-8(2)3)10-12-5-6-13-10/h5-6,9,11H,2,4,7H2,1,3H3,(H,12,13). The van der Waals surface area contributed by atoms with E-state index in [1.165, 1.54) is 5.57 Å². The number of imidazole rings is 1. The molecule has 0 aliphatic rings. The molecular formula is C10H17N3. The highest BCUT2D eigenvalue weighted by Gasteiger charge is 2.11. The first-order valence-electron chi connectivity index (χ1n) is 4.61. The number of nitrogens with one attached hydrogen (secondary N) is 2. The minimum atomic E-state index is 0.275. The maximum atomic E-state index is 4.23. The minimum Gasteiger partial charge on any atom is -0.347 e. The number of hydrogen-bond acceptors (Lipinski definition) is 2. The monoisotopic (exact) mass is 179 g/mol. The van der Waals surface area contributed by atoms with E-state index >= 15 is 0 Å². The lowest BCUT2D eigenvalue weighted by atomic mass is 10.1. The predicted octanol–water partition coefficient (Wildman–Crippen LogP) is 2.03. The third-order valence-corrected chi connectivity index (χ3v) is 1.85. The highest BCUT2D eigenvalue weighted by molar-refractivity contribution is 5.02. The molecule has 0 aromatic carbocycles. The van der Waals surface area contributed by atoms with Crippen molar-refractivity contribution >= 4 is 0 Å². The molecule has 0 saturated carbocycles. The SMILES string of the molecule is C=C(C)CC(NCC)c1ncc[nH]1. The number of hydrogen-bond donors (Lipinski definition) is 2. The first kappa shape index (κ1) is 9.99. The number of nitrogens with zero attached hydrogens (tertiary/aromatic N) is 1. The molecule has 0 saturated heterocycles. The highest BCUT2D eigenvalue weighted by atomic mass is 15.0. The van der Waals surface area contributed by atoms with E-state index in [4.69, 9.17) is 0 Å². The topological polar surface area (TPSA) is 40.7 Å². The summed E-state index contributed by atoms with van der Waals surface area (Å²) in [6.45, 7) is 8.98. The van der Waals surface area contributed by atoms with Gasteiger partial charge in [0, 0.05) is 12.4 Å². The average molecular weight is 179 g/mol. The molecule has 1 rings (SSSR count). The van der Waals surface area contributed by atoms with Crippen LogP contribution in [0.4, 0.5) is 0 Å². The van der Waals surface area contributed by atoms with Crippen molar-refractivity contribution in [3.05, 3.63) is 30.4 Å². The molecule has 0 spiro atoms. The van der Waals surface area contributed by atoms with E-state index in [9.17, 15) is 0 Å². The molecule has 3 heteroatoms. The van der Waals surface area contributed by atoms with Gasteiger partial charge in [0.15, 0.2) is 0 Å². The van der Waals surface area contributed by atoms with Crippen LogP contribution in [-0.4, -0.2) is 16.5 Å². The fraction of sp³-hybridized carbons (Fsp3) is 0.500. The van der Waals surface area contributed by atoms with Gasteiger partial charge in [-0.05, 0) is 19.9 Å². The van der Waals surface area contributed by atoms with Crippen molar-refractivity contribution in [3.63, 3.8) is 0 Å². The van der Waals surface area contributed by atoms with Crippen LogP contribution in [0.3, 0.4) is 0 Å². The summed E-state index contributed by atoms with van der Waals surface area (Å²) in [7, 11) is 0. The molecule has 1 heterocycles. The van der Waals surface area contributed by atoms with E-state index in [0.717, 1.165) is 18.8 Å². The molecule has 0 aliphatic heterocycles. The van der Waals surface area contributed by atoms with Crippen molar-refractivity contribution in [3.8, 4) is 0 Å². The molecule has 0 fully saturated rings. The zero-order chi connectivity index (χ0) is 9.68. The largest absolute Gasteiger partial charge is 0.347 e. The van der Waals surface area contributed by atoms with E-state index in [1.54, 1.807) is 6.20 Å². The van der Waals surface area contributed by atoms with E-state index < -0.39 is 0 Å². The van der Waals surface area contributed by atoms with Gasteiger partial charge in [-0.15, -0.1) is 6.58 Å². The predicted molar refractivity (Wildman–Crippen MR) is 54.4 cm³/mol. The van der Waals surface area contributed by atoms with Gasteiger partial charge < -0.3 is 10.3 Å². The van der Waals surface area contributed by atoms with Gasteiger partial charge in [-0.3, -0.25) is 0 Å². The Morgan fingerprint density at radius 2 is 2.54 bits per heavy atom. The second kappa shape index (κ2) is 4.82. The highest BCUT2D eigenvalue weighted by Crippen LogP contribution is 2.15. The molecule has 0 bridgehead atoms. The van der Waals surface area contributed by atoms with Gasteiger partial charge >= 0.3 is 0 Å². The van der Waals surface area contributed by atoms with Crippen LogP contribution in [0.2, 0.25) is 0 Å². The summed E-state index contributed by atoms with van der Waals surface area (Å²) < 4.78 is 0. The summed E-state index contributed by atoms with van der Waals surface area (Å²) in [4.78, 5) is 7.34. The zero-order valence-corrected chi connectivity index (χ0v) is 8.30. The Bertz CT molecular complexity index is 251. The first-order chi connectivity index (χ1) is 6.24. The summed E-state index contributed by atoms with van der Waals surface area (Å²) in [5.41, 5.74) is 1.17. The van der Waals surface area contributed by atoms with Gasteiger partial charge in [0.2, 0.25) is 0 Å². The van der Waals surface area contributed by atoms with Gasteiger partial charge in [0.05, 0.1) is 6.04 Å². The first-order valence-corrected chi connectivity index (χ1v) is 4.61. The lowest BCUT2D eigenvalue weighted by Crippen LogP contribution is -2.22. The Kier molecular flexibility index (Phi) is 3.71. The van der Waals surface area contributed by atoms with Crippen LogP contribution in [-0.2, 0) is 0 Å². The van der Waals surface area contributed by atoms with Crippen molar-refractivity contribution in [1.82, 2.24) is 15.3 Å². The minimum absolute atomic E-state index is 0.275. The lowest BCUT2D eigenvalue weighted by Gasteiger charge is -2.14. The Morgan fingerprint density at radius 3 is 3.00 bits per heavy atom. The molecule has 1 aromatic rings. The van der Waals surface area contributed by atoms with Crippen LogP contribution >= 0.6 is 0 Å². The van der Waals surface area contributed by atoms with Gasteiger partial charge in [0.1, 0.15) is 5.82 Å². The molecule has 0 amide bonds. The van der Waals surface area contributed by atoms with Crippen molar-refractivity contribution in [1.29, 1.82) is 0 Å². The van der Waals surface area contributed by atoms with Crippen LogP contribution in [0.15, 0.2) is 24.5 Å². The molecule has 13 heavy (non-hydrogen) atoms. The smallest absolute Gasteiger partial charge is 0.123 e. The summed E-state index contributed by atoms with van der Waals surface area (Å²) in [5, 5.41) is 3.36. The van der Waals surface area contributed by atoms with Crippen molar-refractivity contribution in [2.45, 2.75) is 26.3 Å². The fourth-order valence-corrected chi connectivity index (χ4v) is 1.33. The molecule has 0 radical (unpaired) electrons. The normalized spacial score (nSPS) is 12.8. The van der Waals surface area contributed by atoms with Crippen molar-refractivity contribution < 1.29 is 0 Å². The number of H-pyrrole nitrogens is 1. The van der Waals surface area contributed by atoms with Gasteiger partial charge in [-0.1, -0.05) is 12.5 Å². The van der Waals surface area contributed by atoms with Crippen LogP contribution in [0.1, 0.15) is 32.1 Å². The van der Waals surface area contributed by atoms with Crippen LogP contribution in [0, 0.1) is 0 Å². The van der Waals surface area contributed by atoms with Gasteiger partial charge in [-0.25, -0.2) is 4.98 Å². The molecule has 72 valence electrons. The Hall–Kier alpha value is -1.09. The summed E-state index contributed by atoms with van der Waals surface area (Å²) in [6.07, 6.45) is 4.55. The molecular weight excluding hydrogens is 162 g/mol. The lowest BCUT2D eigenvalue weighted by molar-refractivity contribution is 0.525. The summed E-state index contributed by atoms with van der Waals surface area (Å²) in [5.74, 6) is 0.991. The van der Waals surface area contributed by atoms with Crippen LogP contribution < -0.4 is 5.32 Å². The quantitative estimate of drug-likeness (QED) is 0.679. The molecule has 1 aromatic heterocycles. The Balaban J connectivity index is 2.62. The molecule has 3 nitrogen and oxygen atoms in total. The molecule has 2 N–H and O–H groups in total. The molecule has 1 atom stereocenters. The van der Waals surface area contributed by atoms with Crippen molar-refractivity contribution in [2.24, 2.45) is 0 Å². The second-order valence-electron chi connectivity index (χ2n) is 3.25. The third-order valence-electron chi connectivity index (χ3n) is 1.85. The van der Waals surface area contributed by atoms with E-state index in [2.05, 4.69) is 28.8 Å². The third kappa shape index (κ3) is 3.03. The average Bonchev–Trinajstić information content (AvgIpc) is 2.54. The maximum absolute atomic E-state index is 4.23. The summed E-state index contributed by atoms with van der Waals surface area (Å²) >= 11 is 0. The van der Waals surface area contributed by atoms with Crippen molar-refractivity contribution in [2.75, 3.05) is 6.54 Å². The summed E-state index contributed by atoms with van der Waals surface area (Å²) in [6, 6.07) is 0.275. The van der Waals surface area contributed by atoms with E-state index in [0.29, 0.717) is 0 Å². The number of rotatable bonds is 5. The Morgan fingerprint density at radius 1 is 1.77 bits per heavy atom. The van der Waals surface area contributed by atoms with E-state index in [-0.39, 0.29) is 6.04 Å². The molecule has 1 unspecified atom stereocenters.